The second kappa shape index (κ2) is 10.3. The van der Waals surface area contributed by atoms with Crippen LogP contribution >= 0.6 is 0 Å². The molecule has 0 aliphatic heterocycles. The number of aryl methyl sites for hydroxylation is 1. The quantitative estimate of drug-likeness (QED) is 0.445. The predicted octanol–water partition coefficient (Wildman–Crippen LogP) is 6.69. The lowest BCUT2D eigenvalue weighted by Gasteiger charge is -2.10. The van der Waals surface area contributed by atoms with E-state index < -0.39 is 6.08 Å². The summed E-state index contributed by atoms with van der Waals surface area (Å²) in [4.78, 5) is 0. The molecule has 0 bridgehead atoms. The minimum atomic E-state index is -1.50. The third-order valence-electron chi connectivity index (χ3n) is 3.56. The van der Waals surface area contributed by atoms with Crippen molar-refractivity contribution in [2.45, 2.75) is 58.8 Å². The van der Waals surface area contributed by atoms with Crippen molar-refractivity contribution < 1.29 is 8.78 Å². The number of halogens is 2. The molecule has 2 heteroatoms. The van der Waals surface area contributed by atoms with Gasteiger partial charge in [0.05, 0.1) is 0 Å². The van der Waals surface area contributed by atoms with Crippen molar-refractivity contribution in [2.75, 3.05) is 0 Å². The van der Waals surface area contributed by atoms with Gasteiger partial charge in [0.1, 0.15) is 0 Å². The van der Waals surface area contributed by atoms with E-state index in [9.17, 15) is 8.78 Å². The van der Waals surface area contributed by atoms with Crippen LogP contribution in [0, 0.1) is 0 Å². The maximum Gasteiger partial charge on any atom is 0.269 e. The Kier molecular flexibility index (Phi) is 8.65. The van der Waals surface area contributed by atoms with Crippen molar-refractivity contribution >= 4 is 0 Å². The van der Waals surface area contributed by atoms with Gasteiger partial charge in [-0.1, -0.05) is 68.7 Å². The molecule has 0 atom stereocenters. The molecule has 0 saturated heterocycles. The number of benzene rings is 1. The van der Waals surface area contributed by atoms with E-state index in [1.807, 2.05) is 30.3 Å². The predicted molar refractivity (Wildman–Crippen MR) is 86.5 cm³/mol. The smallest absolute Gasteiger partial charge is 0.173 e. The van der Waals surface area contributed by atoms with Gasteiger partial charge in [0.2, 0.25) is 0 Å². The Morgan fingerprint density at radius 1 is 1.00 bits per heavy atom. The monoisotopic (exact) mass is 292 g/mol. The largest absolute Gasteiger partial charge is 0.269 e. The van der Waals surface area contributed by atoms with Crippen LogP contribution < -0.4 is 0 Å². The van der Waals surface area contributed by atoms with Crippen molar-refractivity contribution in [2.24, 2.45) is 0 Å². The number of unbranched alkanes of at least 4 members (excludes halogenated alkanes) is 1. The molecule has 1 aromatic rings. The van der Waals surface area contributed by atoms with Gasteiger partial charge in [0.25, 0.3) is 6.08 Å². The van der Waals surface area contributed by atoms with Crippen molar-refractivity contribution in [3.8, 4) is 0 Å². The lowest BCUT2D eigenvalue weighted by Crippen LogP contribution is -1.95. The van der Waals surface area contributed by atoms with Gasteiger partial charge in [0.15, 0.2) is 0 Å². The summed E-state index contributed by atoms with van der Waals surface area (Å²) < 4.78 is 26.4. The summed E-state index contributed by atoms with van der Waals surface area (Å²) in [5.41, 5.74) is 2.58. The van der Waals surface area contributed by atoms with E-state index in [2.05, 4.69) is 19.9 Å². The van der Waals surface area contributed by atoms with Gasteiger partial charge >= 0.3 is 0 Å². The highest BCUT2D eigenvalue weighted by molar-refractivity contribution is 5.20. The minimum absolute atomic E-state index is 0.301. The highest BCUT2D eigenvalue weighted by atomic mass is 19.3. The lowest BCUT2D eigenvalue weighted by molar-refractivity contribution is 0.404. The SMILES string of the molecule is CCC/C=C(\CCC)CC(CCc1ccccc1)=C(F)F. The molecule has 1 aromatic carbocycles. The third kappa shape index (κ3) is 7.22. The van der Waals surface area contributed by atoms with Crippen molar-refractivity contribution in [1.82, 2.24) is 0 Å². The van der Waals surface area contributed by atoms with E-state index in [4.69, 9.17) is 0 Å². The number of hydrogen-bond donors (Lipinski definition) is 0. The summed E-state index contributed by atoms with van der Waals surface area (Å²) in [5.74, 6) is 0. The van der Waals surface area contributed by atoms with Gasteiger partial charge < -0.3 is 0 Å². The number of allylic oxidation sites excluding steroid dienone is 3. The maximum atomic E-state index is 13.2. The molecule has 0 aromatic heterocycles. The first-order valence-electron chi connectivity index (χ1n) is 7.92. The Morgan fingerprint density at radius 3 is 2.29 bits per heavy atom. The Hall–Kier alpha value is -1.44. The van der Waals surface area contributed by atoms with Crippen LogP contribution in [0.25, 0.3) is 0 Å². The van der Waals surface area contributed by atoms with Crippen LogP contribution in [0.15, 0.2) is 53.6 Å². The van der Waals surface area contributed by atoms with Gasteiger partial charge in [-0.3, -0.25) is 0 Å². The second-order valence-corrected chi connectivity index (χ2v) is 5.43. The Labute approximate surface area is 127 Å². The molecule has 0 unspecified atom stereocenters. The molecule has 0 amide bonds. The summed E-state index contributed by atoms with van der Waals surface area (Å²) in [7, 11) is 0. The molecule has 0 fully saturated rings. The van der Waals surface area contributed by atoms with Gasteiger partial charge in [0, 0.05) is 0 Å². The summed E-state index contributed by atoms with van der Waals surface area (Å²) in [6, 6.07) is 9.84. The molecule has 21 heavy (non-hydrogen) atoms. The highest BCUT2D eigenvalue weighted by Crippen LogP contribution is 2.25. The van der Waals surface area contributed by atoms with Gasteiger partial charge in [-0.25, -0.2) is 0 Å². The first kappa shape index (κ1) is 17.6. The Balaban J connectivity index is 2.67. The average Bonchev–Trinajstić information content (AvgIpc) is 2.49. The molecular weight excluding hydrogens is 266 g/mol. The normalized spacial score (nSPS) is 11.5. The standard InChI is InChI=1S/C19H26F2/c1-3-5-10-17(9-4-2)15-18(19(20)21)14-13-16-11-7-6-8-12-16/h6-8,10-12H,3-5,9,13-15H2,1-2H3/b17-10+. The zero-order valence-electron chi connectivity index (χ0n) is 13.2. The summed E-state index contributed by atoms with van der Waals surface area (Å²) in [6.07, 6.45) is 6.18. The van der Waals surface area contributed by atoms with E-state index in [0.717, 1.165) is 36.8 Å². The maximum absolute atomic E-state index is 13.2. The molecule has 0 aliphatic carbocycles. The fourth-order valence-electron chi connectivity index (χ4n) is 2.40. The molecular formula is C19H26F2. The summed E-state index contributed by atoms with van der Waals surface area (Å²) in [6.45, 7) is 4.21. The summed E-state index contributed by atoms with van der Waals surface area (Å²) >= 11 is 0. The van der Waals surface area contributed by atoms with Crippen LogP contribution in [0.4, 0.5) is 8.78 Å². The fourth-order valence-corrected chi connectivity index (χ4v) is 2.40. The molecule has 0 heterocycles. The zero-order valence-corrected chi connectivity index (χ0v) is 13.2. The molecule has 0 radical (unpaired) electrons. The van der Waals surface area contributed by atoms with E-state index in [1.165, 1.54) is 0 Å². The average molecular weight is 292 g/mol. The minimum Gasteiger partial charge on any atom is -0.173 e. The van der Waals surface area contributed by atoms with E-state index >= 15 is 0 Å². The van der Waals surface area contributed by atoms with Crippen LogP contribution in [-0.2, 0) is 6.42 Å². The molecule has 116 valence electrons. The van der Waals surface area contributed by atoms with Crippen LogP contribution in [0.3, 0.4) is 0 Å². The zero-order chi connectivity index (χ0) is 15.5. The molecule has 0 spiro atoms. The van der Waals surface area contributed by atoms with Crippen molar-refractivity contribution in [3.63, 3.8) is 0 Å². The van der Waals surface area contributed by atoms with Crippen LogP contribution in [0.1, 0.15) is 57.9 Å². The molecule has 0 N–H and O–H groups in total. The molecule has 1 rings (SSSR count). The second-order valence-electron chi connectivity index (χ2n) is 5.43. The number of rotatable bonds is 9. The summed E-state index contributed by atoms with van der Waals surface area (Å²) in [5, 5.41) is 0. The van der Waals surface area contributed by atoms with Crippen LogP contribution in [-0.4, -0.2) is 0 Å². The van der Waals surface area contributed by atoms with Crippen LogP contribution in [0.5, 0.6) is 0 Å². The lowest BCUT2D eigenvalue weighted by atomic mass is 9.96. The molecule has 0 nitrogen and oxygen atoms in total. The van der Waals surface area contributed by atoms with Crippen molar-refractivity contribution in [1.29, 1.82) is 0 Å². The molecule has 0 saturated carbocycles. The van der Waals surface area contributed by atoms with E-state index in [0.29, 0.717) is 24.8 Å². The highest BCUT2D eigenvalue weighted by Gasteiger charge is 2.09. The topological polar surface area (TPSA) is 0 Å². The van der Waals surface area contributed by atoms with Gasteiger partial charge in [-0.05, 0) is 43.2 Å². The van der Waals surface area contributed by atoms with Crippen molar-refractivity contribution in [3.05, 3.63) is 59.2 Å². The first-order valence-corrected chi connectivity index (χ1v) is 7.92. The Morgan fingerprint density at radius 2 is 1.71 bits per heavy atom. The van der Waals surface area contributed by atoms with Gasteiger partial charge in [-0.2, -0.15) is 8.78 Å². The fraction of sp³-hybridized carbons (Fsp3) is 0.474. The molecule has 0 aliphatic rings. The third-order valence-corrected chi connectivity index (χ3v) is 3.56. The Bertz CT molecular complexity index is 454. The van der Waals surface area contributed by atoms with Gasteiger partial charge in [-0.15, -0.1) is 0 Å². The first-order chi connectivity index (χ1) is 10.2. The van der Waals surface area contributed by atoms with E-state index in [-0.39, 0.29) is 0 Å². The van der Waals surface area contributed by atoms with Crippen LogP contribution in [0.2, 0.25) is 0 Å². The number of hydrogen-bond acceptors (Lipinski definition) is 0. The van der Waals surface area contributed by atoms with E-state index in [1.54, 1.807) is 0 Å².